The molecule has 0 spiro atoms. The standard InChI is InChI=1S/C15H16N4O2S/c20-22(21,18-10-4-12-19-11-3-9-17-19)14-7-1-5-13-6-2-8-16-15(13)14/h1-3,5-9,11,18H,4,10,12H2. The van der Waals surface area contributed by atoms with Gasteiger partial charge in [0.2, 0.25) is 10.0 Å². The highest BCUT2D eigenvalue weighted by Crippen LogP contribution is 2.20. The van der Waals surface area contributed by atoms with E-state index >= 15 is 0 Å². The lowest BCUT2D eigenvalue weighted by Gasteiger charge is -2.09. The van der Waals surface area contributed by atoms with E-state index in [4.69, 9.17) is 0 Å². The van der Waals surface area contributed by atoms with Crippen LogP contribution in [0.3, 0.4) is 0 Å². The van der Waals surface area contributed by atoms with Gasteiger partial charge in [0.1, 0.15) is 4.90 Å². The molecule has 22 heavy (non-hydrogen) atoms. The number of sulfonamides is 1. The minimum Gasteiger partial charge on any atom is -0.273 e. The minimum atomic E-state index is -3.57. The summed E-state index contributed by atoms with van der Waals surface area (Å²) in [5.74, 6) is 0. The first-order valence-electron chi connectivity index (χ1n) is 6.98. The summed E-state index contributed by atoms with van der Waals surface area (Å²) in [5.41, 5.74) is 0.490. The molecule has 2 heterocycles. The summed E-state index contributed by atoms with van der Waals surface area (Å²) in [7, 11) is -3.57. The summed E-state index contributed by atoms with van der Waals surface area (Å²) >= 11 is 0. The maximum absolute atomic E-state index is 12.4. The third kappa shape index (κ3) is 3.15. The van der Waals surface area contributed by atoms with Crippen molar-refractivity contribution in [2.24, 2.45) is 0 Å². The molecule has 0 aliphatic heterocycles. The number of pyridine rings is 1. The molecule has 0 aliphatic rings. The van der Waals surface area contributed by atoms with Crippen LogP contribution < -0.4 is 4.72 Å². The van der Waals surface area contributed by atoms with Gasteiger partial charge in [-0.05, 0) is 24.6 Å². The van der Waals surface area contributed by atoms with Gasteiger partial charge in [-0.3, -0.25) is 9.67 Å². The highest BCUT2D eigenvalue weighted by atomic mass is 32.2. The summed E-state index contributed by atoms with van der Waals surface area (Å²) in [6.07, 6.45) is 5.81. The van der Waals surface area contributed by atoms with Crippen LogP contribution >= 0.6 is 0 Å². The molecule has 0 radical (unpaired) electrons. The van der Waals surface area contributed by atoms with Gasteiger partial charge in [-0.2, -0.15) is 5.10 Å². The van der Waals surface area contributed by atoms with Crippen LogP contribution in [0.1, 0.15) is 6.42 Å². The number of para-hydroxylation sites is 1. The molecule has 0 unspecified atom stereocenters. The van der Waals surface area contributed by atoms with Gasteiger partial charge in [0.05, 0.1) is 5.52 Å². The van der Waals surface area contributed by atoms with Crippen molar-refractivity contribution in [3.05, 3.63) is 55.0 Å². The molecular weight excluding hydrogens is 300 g/mol. The maximum Gasteiger partial charge on any atom is 0.242 e. The number of nitrogens with one attached hydrogen (secondary N) is 1. The molecule has 0 saturated heterocycles. The van der Waals surface area contributed by atoms with Gasteiger partial charge in [0.25, 0.3) is 0 Å². The van der Waals surface area contributed by atoms with Crippen LogP contribution in [0.4, 0.5) is 0 Å². The number of rotatable bonds is 6. The zero-order chi connectivity index (χ0) is 15.4. The monoisotopic (exact) mass is 316 g/mol. The summed E-state index contributed by atoms with van der Waals surface area (Å²) in [6.45, 7) is 1.02. The molecule has 3 rings (SSSR count). The zero-order valence-corrected chi connectivity index (χ0v) is 12.7. The van der Waals surface area contributed by atoms with Crippen molar-refractivity contribution in [3.8, 4) is 0 Å². The highest BCUT2D eigenvalue weighted by molar-refractivity contribution is 7.89. The molecular formula is C15H16N4O2S. The molecule has 0 aliphatic carbocycles. The number of aryl methyl sites for hydroxylation is 1. The van der Waals surface area contributed by atoms with Gasteiger partial charge in [0.15, 0.2) is 0 Å². The Labute approximate surface area is 128 Å². The van der Waals surface area contributed by atoms with Crippen molar-refractivity contribution < 1.29 is 8.42 Å². The van der Waals surface area contributed by atoms with E-state index < -0.39 is 10.0 Å². The van der Waals surface area contributed by atoms with E-state index in [1.165, 1.54) is 0 Å². The maximum atomic E-state index is 12.4. The quantitative estimate of drug-likeness (QED) is 0.704. The van der Waals surface area contributed by atoms with Gasteiger partial charge in [0, 0.05) is 37.1 Å². The van der Waals surface area contributed by atoms with Crippen LogP contribution in [0.15, 0.2) is 59.9 Å². The Morgan fingerprint density at radius 3 is 2.77 bits per heavy atom. The minimum absolute atomic E-state index is 0.213. The average Bonchev–Trinajstić information content (AvgIpc) is 3.04. The normalized spacial score (nSPS) is 11.8. The molecule has 0 fully saturated rings. The Hall–Kier alpha value is -2.25. The Morgan fingerprint density at radius 2 is 1.95 bits per heavy atom. The lowest BCUT2D eigenvalue weighted by atomic mass is 10.2. The fourth-order valence-electron chi connectivity index (χ4n) is 2.25. The molecule has 114 valence electrons. The summed E-state index contributed by atoms with van der Waals surface area (Å²) in [4.78, 5) is 4.40. The smallest absolute Gasteiger partial charge is 0.242 e. The van der Waals surface area contributed by atoms with E-state index in [-0.39, 0.29) is 4.90 Å². The third-order valence-electron chi connectivity index (χ3n) is 3.30. The topological polar surface area (TPSA) is 76.9 Å². The van der Waals surface area contributed by atoms with E-state index in [9.17, 15) is 8.42 Å². The zero-order valence-electron chi connectivity index (χ0n) is 11.9. The van der Waals surface area contributed by atoms with Crippen molar-refractivity contribution in [1.82, 2.24) is 19.5 Å². The molecule has 7 heteroatoms. The predicted molar refractivity (Wildman–Crippen MR) is 83.8 cm³/mol. The summed E-state index contributed by atoms with van der Waals surface area (Å²) in [6, 6.07) is 10.6. The molecule has 0 atom stereocenters. The fourth-order valence-corrected chi connectivity index (χ4v) is 3.50. The van der Waals surface area contributed by atoms with Gasteiger partial charge < -0.3 is 0 Å². The molecule has 0 bridgehead atoms. The Bertz CT molecular complexity index is 855. The molecule has 1 N–H and O–H groups in total. The van der Waals surface area contributed by atoms with Crippen molar-refractivity contribution in [1.29, 1.82) is 0 Å². The second-order valence-electron chi connectivity index (χ2n) is 4.85. The summed E-state index contributed by atoms with van der Waals surface area (Å²) < 4.78 is 29.3. The van der Waals surface area contributed by atoms with E-state index in [0.29, 0.717) is 25.0 Å². The van der Waals surface area contributed by atoms with Crippen molar-refractivity contribution in [2.75, 3.05) is 6.54 Å². The average molecular weight is 316 g/mol. The first kappa shape index (κ1) is 14.7. The third-order valence-corrected chi connectivity index (χ3v) is 4.79. The van der Waals surface area contributed by atoms with Crippen LogP contribution in [-0.2, 0) is 16.6 Å². The van der Waals surface area contributed by atoms with E-state index in [2.05, 4.69) is 14.8 Å². The second kappa shape index (κ2) is 6.25. The number of hydrogen-bond donors (Lipinski definition) is 1. The SMILES string of the molecule is O=S(=O)(NCCCn1cccn1)c1cccc2cccnc12. The first-order valence-corrected chi connectivity index (χ1v) is 8.46. The number of benzene rings is 1. The van der Waals surface area contributed by atoms with Gasteiger partial charge in [-0.25, -0.2) is 13.1 Å². The lowest BCUT2D eigenvalue weighted by Crippen LogP contribution is -2.26. The van der Waals surface area contributed by atoms with Crippen molar-refractivity contribution in [3.63, 3.8) is 0 Å². The van der Waals surface area contributed by atoms with Crippen LogP contribution in [0.2, 0.25) is 0 Å². The lowest BCUT2D eigenvalue weighted by molar-refractivity contribution is 0.553. The molecule has 0 amide bonds. The van der Waals surface area contributed by atoms with Crippen LogP contribution in [-0.4, -0.2) is 29.7 Å². The molecule has 6 nitrogen and oxygen atoms in total. The Balaban J connectivity index is 1.72. The molecule has 1 aromatic carbocycles. The fraction of sp³-hybridized carbons (Fsp3) is 0.200. The van der Waals surface area contributed by atoms with Crippen LogP contribution in [0.25, 0.3) is 10.9 Å². The summed E-state index contributed by atoms with van der Waals surface area (Å²) in [5, 5.41) is 4.89. The first-order chi connectivity index (χ1) is 10.7. The second-order valence-corrected chi connectivity index (χ2v) is 6.59. The highest BCUT2D eigenvalue weighted by Gasteiger charge is 2.17. The molecule has 0 saturated carbocycles. The van der Waals surface area contributed by atoms with Crippen LogP contribution in [0.5, 0.6) is 0 Å². The molecule has 3 aromatic rings. The van der Waals surface area contributed by atoms with E-state index in [0.717, 1.165) is 5.39 Å². The van der Waals surface area contributed by atoms with Crippen molar-refractivity contribution in [2.45, 2.75) is 17.9 Å². The molecule has 2 aromatic heterocycles. The Morgan fingerprint density at radius 1 is 1.09 bits per heavy atom. The number of nitrogens with zero attached hydrogens (tertiary/aromatic N) is 3. The number of aromatic nitrogens is 3. The van der Waals surface area contributed by atoms with E-state index in [1.807, 2.05) is 24.4 Å². The Kier molecular flexibility index (Phi) is 4.17. The van der Waals surface area contributed by atoms with E-state index in [1.54, 1.807) is 35.3 Å². The van der Waals surface area contributed by atoms with Crippen LogP contribution in [0, 0.1) is 0 Å². The van der Waals surface area contributed by atoms with Crippen molar-refractivity contribution >= 4 is 20.9 Å². The number of hydrogen-bond acceptors (Lipinski definition) is 4. The number of fused-ring (bicyclic) bond motifs is 1. The predicted octanol–water partition coefficient (Wildman–Crippen LogP) is 1.80. The van der Waals surface area contributed by atoms with Gasteiger partial charge in [-0.15, -0.1) is 0 Å². The van der Waals surface area contributed by atoms with Gasteiger partial charge in [-0.1, -0.05) is 18.2 Å². The van der Waals surface area contributed by atoms with Gasteiger partial charge >= 0.3 is 0 Å². The largest absolute Gasteiger partial charge is 0.273 e.